The Morgan fingerprint density at radius 1 is 1.29 bits per heavy atom. The Morgan fingerprint density at radius 2 is 2.00 bits per heavy atom. The lowest BCUT2D eigenvalue weighted by Gasteiger charge is -2.00. The van der Waals surface area contributed by atoms with E-state index in [0.29, 0.717) is 5.92 Å². The molecule has 0 saturated heterocycles. The van der Waals surface area contributed by atoms with Gasteiger partial charge in [0.25, 0.3) is 0 Å². The molecule has 14 heavy (non-hydrogen) atoms. The van der Waals surface area contributed by atoms with Gasteiger partial charge in [0.15, 0.2) is 0 Å². The molecule has 0 aliphatic rings. The lowest BCUT2D eigenvalue weighted by molar-refractivity contribution is 0.891. The summed E-state index contributed by atoms with van der Waals surface area (Å²) in [6.07, 6.45) is 0. The highest BCUT2D eigenvalue weighted by molar-refractivity contribution is 7.19. The van der Waals surface area contributed by atoms with Gasteiger partial charge in [-0.3, -0.25) is 0 Å². The number of halogens is 1. The van der Waals surface area contributed by atoms with E-state index in [9.17, 15) is 0 Å². The molecule has 0 aliphatic heterocycles. The summed E-state index contributed by atoms with van der Waals surface area (Å²) in [5.41, 5.74) is 1.27. The molecule has 2 rings (SSSR count). The molecule has 0 spiro atoms. The first-order valence-electron chi connectivity index (χ1n) is 4.78. The molecule has 2 heteroatoms. The van der Waals surface area contributed by atoms with Crippen molar-refractivity contribution in [3.05, 3.63) is 33.7 Å². The first-order chi connectivity index (χ1) is 6.61. The quantitative estimate of drug-likeness (QED) is 0.641. The van der Waals surface area contributed by atoms with E-state index in [0.717, 1.165) is 5.02 Å². The van der Waals surface area contributed by atoms with Gasteiger partial charge in [0.1, 0.15) is 0 Å². The summed E-state index contributed by atoms with van der Waals surface area (Å²) in [5, 5.41) is 2.20. The highest BCUT2D eigenvalue weighted by atomic mass is 35.5. The third-order valence-corrected chi connectivity index (χ3v) is 4.37. The van der Waals surface area contributed by atoms with Crippen LogP contribution >= 0.6 is 22.9 Å². The first-order valence-corrected chi connectivity index (χ1v) is 5.98. The zero-order chi connectivity index (χ0) is 10.3. The minimum atomic E-state index is 0.513. The molecule has 1 heterocycles. The predicted molar refractivity (Wildman–Crippen MR) is 65.7 cm³/mol. The van der Waals surface area contributed by atoms with Gasteiger partial charge in [-0.1, -0.05) is 37.6 Å². The Bertz CT molecular complexity index is 468. The van der Waals surface area contributed by atoms with Crippen LogP contribution in [0.1, 0.15) is 30.2 Å². The van der Waals surface area contributed by atoms with Gasteiger partial charge in [0, 0.05) is 15.0 Å². The first kappa shape index (κ1) is 10.0. The highest BCUT2D eigenvalue weighted by Gasteiger charge is 2.13. The smallest absolute Gasteiger partial charge is 0.0629 e. The molecule has 1 aromatic heterocycles. The van der Waals surface area contributed by atoms with Crippen molar-refractivity contribution in [2.45, 2.75) is 26.7 Å². The summed E-state index contributed by atoms with van der Waals surface area (Å²) in [5.74, 6) is 0.513. The molecule has 0 N–H and O–H groups in total. The molecule has 0 atom stereocenters. The normalized spacial score (nSPS) is 11.5. The summed E-state index contributed by atoms with van der Waals surface area (Å²) >= 11 is 8.18. The summed E-state index contributed by atoms with van der Waals surface area (Å²) in [6, 6.07) is 6.35. The molecule has 0 saturated carbocycles. The monoisotopic (exact) mass is 224 g/mol. The summed E-state index contributed by atoms with van der Waals surface area (Å²) < 4.78 is 1.30. The van der Waals surface area contributed by atoms with Crippen LogP contribution in [0.3, 0.4) is 0 Å². The van der Waals surface area contributed by atoms with Gasteiger partial charge in [-0.15, -0.1) is 11.3 Å². The molecule has 0 radical (unpaired) electrons. The molecule has 0 unspecified atom stereocenters. The molecule has 74 valence electrons. The van der Waals surface area contributed by atoms with Crippen molar-refractivity contribution >= 4 is 33.0 Å². The van der Waals surface area contributed by atoms with Crippen molar-refractivity contribution in [2.75, 3.05) is 0 Å². The van der Waals surface area contributed by atoms with Crippen LogP contribution < -0.4 is 0 Å². The number of benzene rings is 1. The van der Waals surface area contributed by atoms with Crippen molar-refractivity contribution in [1.29, 1.82) is 0 Å². The molecular weight excluding hydrogens is 212 g/mol. The van der Waals surface area contributed by atoms with Crippen LogP contribution in [-0.2, 0) is 0 Å². The standard InChI is InChI=1S/C12H13ClS/c1-7(2)12-11(13)10-8(3)5-4-6-9(10)14-12/h4-7H,1-3H3. The van der Waals surface area contributed by atoms with E-state index in [2.05, 4.69) is 39.0 Å². The number of thiophene rings is 1. The average Bonchev–Trinajstić information content (AvgIpc) is 2.45. The zero-order valence-electron chi connectivity index (χ0n) is 8.60. The minimum Gasteiger partial charge on any atom is -0.138 e. The topological polar surface area (TPSA) is 0 Å². The summed E-state index contributed by atoms with van der Waals surface area (Å²) in [7, 11) is 0. The van der Waals surface area contributed by atoms with E-state index >= 15 is 0 Å². The van der Waals surface area contributed by atoms with Crippen molar-refractivity contribution in [3.8, 4) is 0 Å². The van der Waals surface area contributed by atoms with Crippen molar-refractivity contribution in [1.82, 2.24) is 0 Å². The van der Waals surface area contributed by atoms with Gasteiger partial charge in [-0.2, -0.15) is 0 Å². The Hall–Kier alpha value is -0.530. The van der Waals surface area contributed by atoms with Gasteiger partial charge >= 0.3 is 0 Å². The molecule has 2 aromatic rings. The second-order valence-electron chi connectivity index (χ2n) is 3.88. The van der Waals surface area contributed by atoms with Crippen molar-refractivity contribution in [2.24, 2.45) is 0 Å². The number of hydrogen-bond donors (Lipinski definition) is 0. The van der Waals surface area contributed by atoms with Crippen molar-refractivity contribution in [3.63, 3.8) is 0 Å². The lowest BCUT2D eigenvalue weighted by Crippen LogP contribution is -1.81. The van der Waals surface area contributed by atoms with Gasteiger partial charge in [-0.05, 0) is 24.5 Å². The van der Waals surface area contributed by atoms with Gasteiger partial charge in [0.05, 0.1) is 5.02 Å². The van der Waals surface area contributed by atoms with Crippen LogP contribution in [0.5, 0.6) is 0 Å². The second kappa shape index (κ2) is 3.56. The molecule has 0 fully saturated rings. The van der Waals surface area contributed by atoms with E-state index in [1.54, 1.807) is 0 Å². The maximum atomic E-state index is 6.37. The number of fused-ring (bicyclic) bond motifs is 1. The Morgan fingerprint density at radius 3 is 2.57 bits per heavy atom. The fourth-order valence-electron chi connectivity index (χ4n) is 1.66. The predicted octanol–water partition coefficient (Wildman–Crippen LogP) is 4.99. The summed E-state index contributed by atoms with van der Waals surface area (Å²) in [6.45, 7) is 6.49. The number of aryl methyl sites for hydroxylation is 1. The fourth-order valence-corrected chi connectivity index (χ4v) is 3.48. The lowest BCUT2D eigenvalue weighted by atomic mass is 10.1. The van der Waals surface area contributed by atoms with E-state index in [1.807, 2.05) is 11.3 Å². The number of hydrogen-bond acceptors (Lipinski definition) is 1. The Balaban J connectivity index is 2.81. The van der Waals surface area contributed by atoms with Crippen LogP contribution in [-0.4, -0.2) is 0 Å². The Kier molecular flexibility index (Phi) is 2.54. The van der Waals surface area contributed by atoms with E-state index in [1.165, 1.54) is 20.5 Å². The minimum absolute atomic E-state index is 0.513. The third-order valence-electron chi connectivity index (χ3n) is 2.41. The summed E-state index contributed by atoms with van der Waals surface area (Å²) in [4.78, 5) is 1.30. The molecule has 0 amide bonds. The molecule has 0 aliphatic carbocycles. The van der Waals surface area contributed by atoms with E-state index < -0.39 is 0 Å². The average molecular weight is 225 g/mol. The van der Waals surface area contributed by atoms with Crippen LogP contribution in [0.4, 0.5) is 0 Å². The van der Waals surface area contributed by atoms with Crippen LogP contribution in [0, 0.1) is 6.92 Å². The maximum absolute atomic E-state index is 6.37. The molecular formula is C12H13ClS. The molecule has 1 aromatic carbocycles. The van der Waals surface area contributed by atoms with Gasteiger partial charge in [-0.25, -0.2) is 0 Å². The third kappa shape index (κ3) is 1.45. The van der Waals surface area contributed by atoms with Crippen LogP contribution in [0.15, 0.2) is 18.2 Å². The molecule has 0 bridgehead atoms. The van der Waals surface area contributed by atoms with Crippen LogP contribution in [0.2, 0.25) is 5.02 Å². The van der Waals surface area contributed by atoms with Gasteiger partial charge in [0.2, 0.25) is 0 Å². The largest absolute Gasteiger partial charge is 0.138 e. The second-order valence-corrected chi connectivity index (χ2v) is 5.34. The fraction of sp³-hybridized carbons (Fsp3) is 0.333. The van der Waals surface area contributed by atoms with Crippen molar-refractivity contribution < 1.29 is 0 Å². The van der Waals surface area contributed by atoms with E-state index in [4.69, 9.17) is 11.6 Å². The molecule has 0 nitrogen and oxygen atoms in total. The Labute approximate surface area is 93.5 Å². The maximum Gasteiger partial charge on any atom is 0.0629 e. The zero-order valence-corrected chi connectivity index (χ0v) is 10.2. The highest BCUT2D eigenvalue weighted by Crippen LogP contribution is 2.40. The van der Waals surface area contributed by atoms with Gasteiger partial charge < -0.3 is 0 Å². The van der Waals surface area contributed by atoms with Crippen LogP contribution in [0.25, 0.3) is 10.1 Å². The number of rotatable bonds is 1. The van der Waals surface area contributed by atoms with E-state index in [-0.39, 0.29) is 0 Å². The SMILES string of the molecule is Cc1cccc2sc(C(C)C)c(Cl)c12.